The third-order valence-electron chi connectivity index (χ3n) is 3.95. The van der Waals surface area contributed by atoms with Crippen molar-refractivity contribution in [3.05, 3.63) is 35.2 Å². The molecule has 5 nitrogen and oxygen atoms in total. The molecule has 1 fully saturated rings. The molecule has 0 aliphatic carbocycles. The van der Waals surface area contributed by atoms with E-state index in [2.05, 4.69) is 5.32 Å². The number of rotatable bonds is 4. The van der Waals surface area contributed by atoms with Gasteiger partial charge in [-0.3, -0.25) is 14.5 Å². The molecule has 2 heterocycles. The van der Waals surface area contributed by atoms with Crippen molar-refractivity contribution in [2.24, 2.45) is 5.73 Å². The second kappa shape index (κ2) is 6.46. The SMILES string of the molecule is NC(=O)CN1CCC(NC(=O)c2cc3ccccc3s2)CC1. The van der Waals surface area contributed by atoms with E-state index in [1.807, 2.05) is 35.2 Å². The van der Waals surface area contributed by atoms with Crippen molar-refractivity contribution in [1.82, 2.24) is 10.2 Å². The van der Waals surface area contributed by atoms with Crippen LogP contribution in [0.25, 0.3) is 10.1 Å². The molecule has 0 unspecified atom stereocenters. The highest BCUT2D eigenvalue weighted by Crippen LogP contribution is 2.25. The van der Waals surface area contributed by atoms with Gasteiger partial charge in [0.1, 0.15) is 0 Å². The van der Waals surface area contributed by atoms with E-state index in [1.54, 1.807) is 0 Å². The van der Waals surface area contributed by atoms with Gasteiger partial charge in [-0.2, -0.15) is 0 Å². The summed E-state index contributed by atoms with van der Waals surface area (Å²) in [5.41, 5.74) is 5.20. The number of primary amides is 1. The fourth-order valence-corrected chi connectivity index (χ4v) is 3.77. The van der Waals surface area contributed by atoms with Crippen molar-refractivity contribution < 1.29 is 9.59 Å². The summed E-state index contributed by atoms with van der Waals surface area (Å²) in [7, 11) is 0. The van der Waals surface area contributed by atoms with Crippen LogP contribution in [0.5, 0.6) is 0 Å². The molecule has 3 rings (SSSR count). The van der Waals surface area contributed by atoms with Gasteiger partial charge in [0.2, 0.25) is 5.91 Å². The van der Waals surface area contributed by atoms with Crippen molar-refractivity contribution in [3.63, 3.8) is 0 Å². The third kappa shape index (κ3) is 3.45. The van der Waals surface area contributed by atoms with Gasteiger partial charge in [0, 0.05) is 23.8 Å². The minimum atomic E-state index is -0.298. The quantitative estimate of drug-likeness (QED) is 0.899. The number of nitrogens with one attached hydrogen (secondary N) is 1. The molecular formula is C16H19N3O2S. The van der Waals surface area contributed by atoms with E-state index in [0.29, 0.717) is 6.54 Å². The van der Waals surface area contributed by atoms with Crippen LogP contribution >= 0.6 is 11.3 Å². The monoisotopic (exact) mass is 317 g/mol. The molecule has 0 saturated carbocycles. The van der Waals surface area contributed by atoms with E-state index in [-0.39, 0.29) is 17.9 Å². The third-order valence-corrected chi connectivity index (χ3v) is 5.07. The normalized spacial score (nSPS) is 16.7. The van der Waals surface area contributed by atoms with Crippen molar-refractivity contribution in [2.75, 3.05) is 19.6 Å². The Hall–Kier alpha value is -1.92. The number of nitrogens with two attached hydrogens (primary N) is 1. The van der Waals surface area contributed by atoms with Gasteiger partial charge in [-0.15, -0.1) is 11.3 Å². The number of benzene rings is 1. The molecule has 3 N–H and O–H groups in total. The number of carbonyl (C=O) groups is 2. The first kappa shape index (κ1) is 15.0. The van der Waals surface area contributed by atoms with Crippen LogP contribution in [0.2, 0.25) is 0 Å². The minimum absolute atomic E-state index is 0.00505. The summed E-state index contributed by atoms with van der Waals surface area (Å²) in [6, 6.07) is 10.1. The van der Waals surface area contributed by atoms with Crippen LogP contribution in [0.1, 0.15) is 22.5 Å². The van der Waals surface area contributed by atoms with Gasteiger partial charge in [-0.05, 0) is 30.4 Å². The lowest BCUT2D eigenvalue weighted by atomic mass is 10.0. The molecule has 22 heavy (non-hydrogen) atoms. The fourth-order valence-electron chi connectivity index (χ4n) is 2.81. The van der Waals surface area contributed by atoms with Crippen molar-refractivity contribution in [3.8, 4) is 0 Å². The van der Waals surface area contributed by atoms with Gasteiger partial charge in [-0.25, -0.2) is 0 Å². The Bertz CT molecular complexity index is 657. The minimum Gasteiger partial charge on any atom is -0.369 e. The highest BCUT2D eigenvalue weighted by atomic mass is 32.1. The molecule has 6 heteroatoms. The Balaban J connectivity index is 1.57. The molecule has 1 aromatic heterocycles. The number of carbonyl (C=O) groups excluding carboxylic acids is 2. The molecule has 1 aromatic carbocycles. The predicted octanol–water partition coefficient (Wildman–Crippen LogP) is 1.58. The molecule has 0 bridgehead atoms. The largest absolute Gasteiger partial charge is 0.369 e. The second-order valence-corrected chi connectivity index (χ2v) is 6.72. The van der Waals surface area contributed by atoms with Gasteiger partial charge in [0.15, 0.2) is 0 Å². The van der Waals surface area contributed by atoms with Crippen molar-refractivity contribution in [1.29, 1.82) is 0 Å². The molecule has 2 aromatic rings. The van der Waals surface area contributed by atoms with Crippen molar-refractivity contribution >= 4 is 33.2 Å². The molecular weight excluding hydrogens is 298 g/mol. The zero-order valence-electron chi connectivity index (χ0n) is 12.2. The molecule has 0 atom stereocenters. The van der Waals surface area contributed by atoms with Crippen molar-refractivity contribution in [2.45, 2.75) is 18.9 Å². The molecule has 116 valence electrons. The summed E-state index contributed by atoms with van der Waals surface area (Å²) >= 11 is 1.52. The van der Waals surface area contributed by atoms with Crippen LogP contribution in [0.4, 0.5) is 0 Å². The van der Waals surface area contributed by atoms with Gasteiger partial charge in [0.25, 0.3) is 5.91 Å². The highest BCUT2D eigenvalue weighted by molar-refractivity contribution is 7.20. The number of nitrogens with zero attached hydrogens (tertiary/aromatic N) is 1. The molecule has 0 radical (unpaired) electrons. The van der Waals surface area contributed by atoms with E-state index < -0.39 is 0 Å². The second-order valence-electron chi connectivity index (χ2n) is 5.64. The zero-order chi connectivity index (χ0) is 15.5. The first-order valence-corrected chi connectivity index (χ1v) is 8.23. The van der Waals surface area contributed by atoms with Crippen LogP contribution in [0.15, 0.2) is 30.3 Å². The predicted molar refractivity (Wildman–Crippen MR) is 87.9 cm³/mol. The summed E-state index contributed by atoms with van der Waals surface area (Å²) < 4.78 is 1.13. The highest BCUT2D eigenvalue weighted by Gasteiger charge is 2.22. The van der Waals surface area contributed by atoms with Gasteiger partial charge < -0.3 is 11.1 Å². The van der Waals surface area contributed by atoms with Gasteiger partial charge in [0.05, 0.1) is 11.4 Å². The Morgan fingerprint density at radius 1 is 1.27 bits per heavy atom. The number of piperidine rings is 1. The Morgan fingerprint density at radius 2 is 2.00 bits per heavy atom. The van der Waals surface area contributed by atoms with Crippen LogP contribution in [0.3, 0.4) is 0 Å². The lowest BCUT2D eigenvalue weighted by Gasteiger charge is -2.31. The zero-order valence-corrected chi connectivity index (χ0v) is 13.1. The molecule has 1 aliphatic heterocycles. The number of hydrogen-bond donors (Lipinski definition) is 2. The number of amides is 2. The van der Waals surface area contributed by atoms with Crippen LogP contribution in [-0.4, -0.2) is 42.4 Å². The van der Waals surface area contributed by atoms with Crippen LogP contribution in [-0.2, 0) is 4.79 Å². The van der Waals surface area contributed by atoms with Crippen LogP contribution < -0.4 is 11.1 Å². The molecule has 0 spiro atoms. The first-order valence-electron chi connectivity index (χ1n) is 7.42. The van der Waals surface area contributed by atoms with E-state index in [1.165, 1.54) is 11.3 Å². The Kier molecular flexibility index (Phi) is 4.40. The maximum absolute atomic E-state index is 12.4. The van der Waals surface area contributed by atoms with E-state index in [4.69, 9.17) is 5.73 Å². The van der Waals surface area contributed by atoms with E-state index in [0.717, 1.165) is 40.9 Å². The standard InChI is InChI=1S/C16H19N3O2S/c17-15(20)10-19-7-5-12(6-8-19)18-16(21)14-9-11-3-1-2-4-13(11)22-14/h1-4,9,12H,5-8,10H2,(H2,17,20)(H,18,21). The molecule has 1 aliphatic rings. The summed E-state index contributed by atoms with van der Waals surface area (Å²) in [6.07, 6.45) is 1.70. The lowest BCUT2D eigenvalue weighted by molar-refractivity contribution is -0.119. The number of fused-ring (bicyclic) bond motifs is 1. The summed E-state index contributed by atoms with van der Waals surface area (Å²) in [6.45, 7) is 1.89. The number of thiophene rings is 1. The first-order chi connectivity index (χ1) is 10.6. The lowest BCUT2D eigenvalue weighted by Crippen LogP contribution is -2.46. The topological polar surface area (TPSA) is 75.4 Å². The number of likely N-dealkylation sites (tertiary alicyclic amines) is 1. The summed E-state index contributed by atoms with van der Waals surface area (Å²) in [4.78, 5) is 26.0. The Labute approximate surface area is 133 Å². The average Bonchev–Trinajstić information content (AvgIpc) is 2.93. The maximum atomic E-state index is 12.4. The van der Waals surface area contributed by atoms with Crippen LogP contribution in [0, 0.1) is 0 Å². The van der Waals surface area contributed by atoms with Gasteiger partial charge >= 0.3 is 0 Å². The average molecular weight is 317 g/mol. The molecule has 2 amide bonds. The van der Waals surface area contributed by atoms with E-state index in [9.17, 15) is 9.59 Å². The van der Waals surface area contributed by atoms with Gasteiger partial charge in [-0.1, -0.05) is 18.2 Å². The fraction of sp³-hybridized carbons (Fsp3) is 0.375. The van der Waals surface area contributed by atoms with E-state index >= 15 is 0 Å². The summed E-state index contributed by atoms with van der Waals surface area (Å²) in [5, 5.41) is 4.20. The summed E-state index contributed by atoms with van der Waals surface area (Å²) in [5.74, 6) is -0.303. The molecule has 1 saturated heterocycles. The maximum Gasteiger partial charge on any atom is 0.261 e. The number of hydrogen-bond acceptors (Lipinski definition) is 4. The Morgan fingerprint density at radius 3 is 2.68 bits per heavy atom. The smallest absolute Gasteiger partial charge is 0.261 e.